The van der Waals surface area contributed by atoms with Gasteiger partial charge < -0.3 is 14.3 Å². The minimum atomic E-state index is 0.129. The summed E-state index contributed by atoms with van der Waals surface area (Å²) in [5.41, 5.74) is 6.70. The van der Waals surface area contributed by atoms with Crippen LogP contribution in [0.1, 0.15) is 0 Å². The summed E-state index contributed by atoms with van der Waals surface area (Å²) in [6.07, 6.45) is 0.699. The van der Waals surface area contributed by atoms with E-state index in [0.29, 0.717) is 26.1 Å². The average Bonchev–Trinajstić information content (AvgIpc) is 1.97. The van der Waals surface area contributed by atoms with Gasteiger partial charge in [0.25, 0.3) is 0 Å². The molecular weight excluding hydrogens is 134 g/mol. The molecule has 0 spiro atoms. The maximum Gasteiger partial charge on any atom is 0.145 e. The number of rotatable bonds is 7. The monoisotopic (exact) mass is 146 g/mol. The lowest BCUT2D eigenvalue weighted by Crippen LogP contribution is -2.08. The molecule has 0 aliphatic rings. The van der Waals surface area contributed by atoms with Crippen LogP contribution in [0.3, 0.4) is 0 Å². The molecular formula is C6H12NO3. The predicted molar refractivity (Wildman–Crippen MR) is 35.7 cm³/mol. The van der Waals surface area contributed by atoms with E-state index in [4.69, 9.17) is 15.2 Å². The van der Waals surface area contributed by atoms with Crippen LogP contribution in [0.5, 0.6) is 0 Å². The summed E-state index contributed by atoms with van der Waals surface area (Å²) in [7, 11) is 0. The molecule has 1 N–H and O–H groups in total. The van der Waals surface area contributed by atoms with E-state index in [1.807, 2.05) is 0 Å². The van der Waals surface area contributed by atoms with Crippen LogP contribution < -0.4 is 5.73 Å². The van der Waals surface area contributed by atoms with Gasteiger partial charge in [-0.3, -0.25) is 5.73 Å². The fourth-order valence-electron chi connectivity index (χ4n) is 0.424. The highest BCUT2D eigenvalue weighted by Gasteiger charge is 1.86. The second kappa shape index (κ2) is 8.55. The van der Waals surface area contributed by atoms with Gasteiger partial charge in [0.2, 0.25) is 0 Å². The highest BCUT2D eigenvalue weighted by atomic mass is 16.5. The number of carbonyl (C=O) groups is 1. The summed E-state index contributed by atoms with van der Waals surface area (Å²) in [5, 5.41) is 0. The molecule has 0 bridgehead atoms. The van der Waals surface area contributed by atoms with E-state index in [9.17, 15) is 4.79 Å². The molecule has 0 atom stereocenters. The number of hydrogen-bond acceptors (Lipinski definition) is 3. The number of ether oxygens (including phenoxy) is 2. The van der Waals surface area contributed by atoms with Crippen LogP contribution in [-0.4, -0.2) is 39.3 Å². The van der Waals surface area contributed by atoms with Gasteiger partial charge in [-0.25, -0.2) is 0 Å². The Balaban J connectivity index is 2.70. The lowest BCUT2D eigenvalue weighted by Gasteiger charge is -2.00. The van der Waals surface area contributed by atoms with E-state index in [0.717, 1.165) is 0 Å². The molecule has 0 aromatic rings. The van der Waals surface area contributed by atoms with Crippen LogP contribution in [-0.2, 0) is 14.3 Å². The minimum Gasteiger partial charge on any atom is -0.378 e. The Morgan fingerprint density at radius 2 is 1.90 bits per heavy atom. The highest BCUT2D eigenvalue weighted by molar-refractivity contribution is 5.50. The van der Waals surface area contributed by atoms with Crippen LogP contribution in [0.15, 0.2) is 0 Å². The fourth-order valence-corrected chi connectivity index (χ4v) is 0.424. The summed E-state index contributed by atoms with van der Waals surface area (Å²) in [6, 6.07) is 0. The van der Waals surface area contributed by atoms with E-state index in [2.05, 4.69) is 0 Å². The van der Waals surface area contributed by atoms with Crippen molar-refractivity contribution < 1.29 is 14.3 Å². The molecule has 0 heterocycles. The topological polar surface area (TPSA) is 59.3 Å². The van der Waals surface area contributed by atoms with Gasteiger partial charge in [-0.2, -0.15) is 0 Å². The van der Waals surface area contributed by atoms with Crippen LogP contribution >= 0.6 is 0 Å². The molecule has 0 aromatic carbocycles. The lowest BCUT2D eigenvalue weighted by atomic mass is 10.7. The van der Waals surface area contributed by atoms with Crippen molar-refractivity contribution in [2.75, 3.05) is 33.0 Å². The van der Waals surface area contributed by atoms with Gasteiger partial charge in [0, 0.05) is 6.54 Å². The van der Waals surface area contributed by atoms with Gasteiger partial charge in [0.1, 0.15) is 12.9 Å². The summed E-state index contributed by atoms with van der Waals surface area (Å²) in [4.78, 5) is 9.70. The zero-order valence-corrected chi connectivity index (χ0v) is 5.84. The maximum atomic E-state index is 9.70. The molecule has 0 aromatic heterocycles. The van der Waals surface area contributed by atoms with E-state index < -0.39 is 0 Å². The zero-order chi connectivity index (χ0) is 7.66. The quantitative estimate of drug-likeness (QED) is 0.359. The smallest absolute Gasteiger partial charge is 0.145 e. The van der Waals surface area contributed by atoms with E-state index in [1.54, 1.807) is 0 Å². The first-order chi connectivity index (χ1) is 4.91. The Kier molecular flexibility index (Phi) is 8.17. The first kappa shape index (κ1) is 9.55. The first-order valence-corrected chi connectivity index (χ1v) is 3.15. The van der Waals surface area contributed by atoms with Crippen molar-refractivity contribution in [1.82, 2.24) is 5.73 Å². The molecule has 0 fully saturated rings. The molecule has 1 radical (unpaired) electrons. The number of hydrogen-bond donors (Lipinski definition) is 0. The van der Waals surface area contributed by atoms with Crippen molar-refractivity contribution in [1.29, 1.82) is 0 Å². The van der Waals surface area contributed by atoms with E-state index in [-0.39, 0.29) is 13.2 Å². The standard InChI is InChI=1S/C6H12NO3/c7-1-3-9-5-6-10-4-2-8/h2,7H,1,3-6H2. The van der Waals surface area contributed by atoms with Gasteiger partial charge in [-0.05, 0) is 0 Å². The van der Waals surface area contributed by atoms with Crippen molar-refractivity contribution in [3.63, 3.8) is 0 Å². The summed E-state index contributed by atoms with van der Waals surface area (Å²) in [5.74, 6) is 0. The van der Waals surface area contributed by atoms with Crippen molar-refractivity contribution in [3.05, 3.63) is 0 Å². The van der Waals surface area contributed by atoms with Gasteiger partial charge >= 0.3 is 0 Å². The Labute approximate surface area is 60.3 Å². The van der Waals surface area contributed by atoms with Crippen LogP contribution in [0, 0.1) is 0 Å². The third kappa shape index (κ3) is 7.55. The van der Waals surface area contributed by atoms with Crippen LogP contribution in [0.4, 0.5) is 0 Å². The summed E-state index contributed by atoms with van der Waals surface area (Å²) >= 11 is 0. The molecule has 4 heteroatoms. The third-order valence-electron chi connectivity index (χ3n) is 0.804. The van der Waals surface area contributed by atoms with Crippen molar-refractivity contribution in [3.8, 4) is 0 Å². The summed E-state index contributed by atoms with van der Waals surface area (Å²) in [6.45, 7) is 1.73. The molecule has 0 unspecified atom stereocenters. The van der Waals surface area contributed by atoms with Crippen molar-refractivity contribution in [2.45, 2.75) is 0 Å². The van der Waals surface area contributed by atoms with Crippen LogP contribution in [0.25, 0.3) is 0 Å². The van der Waals surface area contributed by atoms with Crippen molar-refractivity contribution >= 4 is 6.29 Å². The Morgan fingerprint density at radius 3 is 2.50 bits per heavy atom. The predicted octanol–water partition coefficient (Wildman–Crippen LogP) is -0.499. The maximum absolute atomic E-state index is 9.70. The molecule has 0 aliphatic carbocycles. The number of carbonyl (C=O) groups excluding carboxylic acids is 1. The second-order valence-corrected chi connectivity index (χ2v) is 1.60. The summed E-state index contributed by atoms with van der Waals surface area (Å²) < 4.78 is 9.68. The Hall–Kier alpha value is -0.450. The average molecular weight is 146 g/mol. The zero-order valence-electron chi connectivity index (χ0n) is 5.84. The molecule has 10 heavy (non-hydrogen) atoms. The molecule has 0 saturated carbocycles. The lowest BCUT2D eigenvalue weighted by molar-refractivity contribution is -0.112. The molecule has 0 saturated heterocycles. The normalized spacial score (nSPS) is 9.70. The third-order valence-corrected chi connectivity index (χ3v) is 0.804. The largest absolute Gasteiger partial charge is 0.378 e. The van der Waals surface area contributed by atoms with Gasteiger partial charge in [0.15, 0.2) is 0 Å². The highest BCUT2D eigenvalue weighted by Crippen LogP contribution is 1.75. The first-order valence-electron chi connectivity index (χ1n) is 3.15. The fraction of sp³-hybridized carbons (Fsp3) is 0.833. The van der Waals surface area contributed by atoms with Crippen LogP contribution in [0.2, 0.25) is 0 Å². The Bertz CT molecular complexity index is 77.4. The minimum absolute atomic E-state index is 0.129. The molecule has 0 aliphatic heterocycles. The molecule has 0 amide bonds. The number of aldehydes is 1. The van der Waals surface area contributed by atoms with Gasteiger partial charge in [-0.1, -0.05) is 0 Å². The molecule has 4 nitrogen and oxygen atoms in total. The Morgan fingerprint density at radius 1 is 1.20 bits per heavy atom. The van der Waals surface area contributed by atoms with E-state index >= 15 is 0 Å². The van der Waals surface area contributed by atoms with Crippen molar-refractivity contribution in [2.24, 2.45) is 0 Å². The van der Waals surface area contributed by atoms with E-state index in [1.165, 1.54) is 0 Å². The second-order valence-electron chi connectivity index (χ2n) is 1.60. The van der Waals surface area contributed by atoms with Gasteiger partial charge in [0.05, 0.1) is 19.8 Å². The molecule has 59 valence electrons. The SMILES string of the molecule is [NH]CCOCCOCC=O. The molecule has 0 rings (SSSR count). The van der Waals surface area contributed by atoms with Gasteiger partial charge in [-0.15, -0.1) is 0 Å². The number of nitrogens with one attached hydrogen (secondary N) is 1.